The molecule has 21 heavy (non-hydrogen) atoms. The SMILES string of the molecule is NC(=O)c1ccccc1NC(=O)Nc1cc(F)cc(F)c1. The number of nitrogens with one attached hydrogen (secondary N) is 2. The molecule has 2 aromatic carbocycles. The monoisotopic (exact) mass is 291 g/mol. The highest BCUT2D eigenvalue weighted by Gasteiger charge is 2.11. The summed E-state index contributed by atoms with van der Waals surface area (Å²) in [6.45, 7) is 0. The van der Waals surface area contributed by atoms with E-state index in [2.05, 4.69) is 10.6 Å². The van der Waals surface area contributed by atoms with E-state index < -0.39 is 23.6 Å². The van der Waals surface area contributed by atoms with Gasteiger partial charge in [0, 0.05) is 11.8 Å². The predicted molar refractivity (Wildman–Crippen MR) is 74.0 cm³/mol. The van der Waals surface area contributed by atoms with E-state index in [0.29, 0.717) is 6.07 Å². The maximum Gasteiger partial charge on any atom is 0.323 e. The molecule has 4 N–H and O–H groups in total. The molecular formula is C14H11F2N3O2. The smallest absolute Gasteiger partial charge is 0.323 e. The highest BCUT2D eigenvalue weighted by Crippen LogP contribution is 2.16. The van der Waals surface area contributed by atoms with Gasteiger partial charge in [-0.1, -0.05) is 12.1 Å². The van der Waals surface area contributed by atoms with Crippen molar-refractivity contribution in [3.05, 3.63) is 59.7 Å². The van der Waals surface area contributed by atoms with Gasteiger partial charge in [0.2, 0.25) is 0 Å². The number of carbonyl (C=O) groups is 2. The standard InChI is InChI=1S/C14H11F2N3O2/c15-8-5-9(16)7-10(6-8)18-14(21)19-12-4-2-1-3-11(12)13(17)20/h1-7H,(H2,17,20)(H2,18,19,21). The van der Waals surface area contributed by atoms with Crippen molar-refractivity contribution in [3.63, 3.8) is 0 Å². The van der Waals surface area contributed by atoms with Gasteiger partial charge >= 0.3 is 6.03 Å². The number of urea groups is 1. The molecule has 0 aliphatic carbocycles. The zero-order valence-electron chi connectivity index (χ0n) is 10.7. The molecular weight excluding hydrogens is 280 g/mol. The Morgan fingerprint density at radius 3 is 2.19 bits per heavy atom. The number of amides is 3. The molecule has 2 rings (SSSR count). The van der Waals surface area contributed by atoms with Crippen LogP contribution < -0.4 is 16.4 Å². The molecule has 0 heterocycles. The zero-order chi connectivity index (χ0) is 15.4. The lowest BCUT2D eigenvalue weighted by Gasteiger charge is -2.10. The second-order valence-corrected chi connectivity index (χ2v) is 4.15. The average Bonchev–Trinajstić information content (AvgIpc) is 2.37. The lowest BCUT2D eigenvalue weighted by Crippen LogP contribution is -2.22. The first-order valence-electron chi connectivity index (χ1n) is 5.88. The molecule has 0 radical (unpaired) electrons. The molecule has 2 aromatic rings. The Bertz CT molecular complexity index is 684. The molecule has 108 valence electrons. The third-order valence-corrected chi connectivity index (χ3v) is 2.56. The van der Waals surface area contributed by atoms with Crippen LogP contribution in [-0.4, -0.2) is 11.9 Å². The van der Waals surface area contributed by atoms with E-state index in [1.54, 1.807) is 12.1 Å². The number of hydrogen-bond donors (Lipinski definition) is 3. The van der Waals surface area contributed by atoms with E-state index in [1.165, 1.54) is 12.1 Å². The van der Waals surface area contributed by atoms with Crippen molar-refractivity contribution < 1.29 is 18.4 Å². The van der Waals surface area contributed by atoms with E-state index in [-0.39, 0.29) is 16.9 Å². The number of anilines is 2. The summed E-state index contributed by atoms with van der Waals surface area (Å²) in [5.74, 6) is -2.34. The molecule has 0 saturated heterocycles. The van der Waals surface area contributed by atoms with Crippen LogP contribution in [0.2, 0.25) is 0 Å². The van der Waals surface area contributed by atoms with Gasteiger partial charge in [-0.2, -0.15) is 0 Å². The zero-order valence-corrected chi connectivity index (χ0v) is 10.7. The Morgan fingerprint density at radius 1 is 0.952 bits per heavy atom. The second kappa shape index (κ2) is 6.00. The number of benzene rings is 2. The average molecular weight is 291 g/mol. The van der Waals surface area contributed by atoms with Gasteiger partial charge in [0.25, 0.3) is 5.91 Å². The maximum absolute atomic E-state index is 13.0. The van der Waals surface area contributed by atoms with Crippen LogP contribution in [0.15, 0.2) is 42.5 Å². The first-order chi connectivity index (χ1) is 9.95. The molecule has 0 aliphatic heterocycles. The third-order valence-electron chi connectivity index (χ3n) is 2.56. The Morgan fingerprint density at radius 2 is 1.57 bits per heavy atom. The Kier molecular flexibility index (Phi) is 4.13. The quantitative estimate of drug-likeness (QED) is 0.812. The number of carbonyl (C=O) groups excluding carboxylic acids is 2. The van der Waals surface area contributed by atoms with Crippen LogP contribution in [0.4, 0.5) is 25.0 Å². The van der Waals surface area contributed by atoms with Crippen LogP contribution in [0.5, 0.6) is 0 Å². The van der Waals surface area contributed by atoms with Crippen LogP contribution in [0.25, 0.3) is 0 Å². The summed E-state index contributed by atoms with van der Waals surface area (Å²) in [4.78, 5) is 23.0. The van der Waals surface area contributed by atoms with Crippen molar-refractivity contribution >= 4 is 23.3 Å². The lowest BCUT2D eigenvalue weighted by atomic mass is 10.1. The molecule has 0 atom stereocenters. The molecule has 0 bridgehead atoms. The van der Waals surface area contributed by atoms with Gasteiger partial charge in [0.1, 0.15) is 11.6 Å². The number of para-hydroxylation sites is 1. The topological polar surface area (TPSA) is 84.2 Å². The summed E-state index contributed by atoms with van der Waals surface area (Å²) in [5.41, 5.74) is 5.44. The first kappa shape index (κ1) is 14.4. The fourth-order valence-corrected chi connectivity index (χ4v) is 1.72. The summed E-state index contributed by atoms with van der Waals surface area (Å²) in [5, 5.41) is 4.64. The van der Waals surface area contributed by atoms with Gasteiger partial charge in [0.15, 0.2) is 0 Å². The normalized spacial score (nSPS) is 10.0. The maximum atomic E-state index is 13.0. The van der Waals surface area contributed by atoms with Gasteiger partial charge in [-0.25, -0.2) is 13.6 Å². The van der Waals surface area contributed by atoms with Crippen LogP contribution in [0.1, 0.15) is 10.4 Å². The number of rotatable bonds is 3. The molecule has 0 fully saturated rings. The van der Waals surface area contributed by atoms with Gasteiger partial charge < -0.3 is 16.4 Å². The molecule has 0 saturated carbocycles. The summed E-state index contributed by atoms with van der Waals surface area (Å²) in [6, 6.07) is 7.96. The molecule has 7 heteroatoms. The largest absolute Gasteiger partial charge is 0.366 e. The summed E-state index contributed by atoms with van der Waals surface area (Å²) < 4.78 is 26.0. The van der Waals surface area contributed by atoms with Gasteiger partial charge in [0.05, 0.1) is 11.3 Å². The lowest BCUT2D eigenvalue weighted by molar-refractivity contribution is 0.100. The summed E-state index contributed by atoms with van der Waals surface area (Å²) >= 11 is 0. The summed E-state index contributed by atoms with van der Waals surface area (Å²) in [7, 11) is 0. The van der Waals surface area contributed by atoms with Crippen LogP contribution in [0.3, 0.4) is 0 Å². The minimum atomic E-state index is -0.817. The van der Waals surface area contributed by atoms with Crippen molar-refractivity contribution in [1.29, 1.82) is 0 Å². The molecule has 0 aromatic heterocycles. The fourth-order valence-electron chi connectivity index (χ4n) is 1.72. The van der Waals surface area contributed by atoms with E-state index in [1.807, 2.05) is 0 Å². The minimum Gasteiger partial charge on any atom is -0.366 e. The van der Waals surface area contributed by atoms with Crippen molar-refractivity contribution in [3.8, 4) is 0 Å². The Labute approximate surface area is 118 Å². The number of halogens is 2. The van der Waals surface area contributed by atoms with Gasteiger partial charge in [-0.15, -0.1) is 0 Å². The predicted octanol–water partition coefficient (Wildman–Crippen LogP) is 2.71. The van der Waals surface area contributed by atoms with Crippen molar-refractivity contribution in [2.75, 3.05) is 10.6 Å². The van der Waals surface area contributed by atoms with Crippen molar-refractivity contribution in [2.24, 2.45) is 5.73 Å². The van der Waals surface area contributed by atoms with Crippen molar-refractivity contribution in [2.45, 2.75) is 0 Å². The van der Waals surface area contributed by atoms with Crippen LogP contribution >= 0.6 is 0 Å². The van der Waals surface area contributed by atoms with E-state index in [4.69, 9.17) is 5.73 Å². The van der Waals surface area contributed by atoms with Crippen LogP contribution in [-0.2, 0) is 0 Å². The number of hydrogen-bond acceptors (Lipinski definition) is 2. The van der Waals surface area contributed by atoms with Gasteiger partial charge in [-0.05, 0) is 24.3 Å². The van der Waals surface area contributed by atoms with E-state index >= 15 is 0 Å². The highest BCUT2D eigenvalue weighted by molar-refractivity contribution is 6.06. The third kappa shape index (κ3) is 3.75. The first-order valence-corrected chi connectivity index (χ1v) is 5.88. The van der Waals surface area contributed by atoms with E-state index in [0.717, 1.165) is 12.1 Å². The molecule has 0 unspecified atom stereocenters. The fraction of sp³-hybridized carbons (Fsp3) is 0. The van der Waals surface area contributed by atoms with Crippen molar-refractivity contribution in [1.82, 2.24) is 0 Å². The van der Waals surface area contributed by atoms with E-state index in [9.17, 15) is 18.4 Å². The number of nitrogens with two attached hydrogens (primary N) is 1. The molecule has 3 amide bonds. The Hall–Kier alpha value is -2.96. The highest BCUT2D eigenvalue weighted by atomic mass is 19.1. The number of primary amides is 1. The Balaban J connectivity index is 2.14. The summed E-state index contributed by atoms with van der Waals surface area (Å²) in [6.07, 6.45) is 0. The molecule has 0 spiro atoms. The molecule has 0 aliphatic rings. The molecule has 5 nitrogen and oxygen atoms in total. The minimum absolute atomic E-state index is 0.0541. The van der Waals surface area contributed by atoms with Crippen LogP contribution in [0, 0.1) is 11.6 Å². The van der Waals surface area contributed by atoms with Gasteiger partial charge in [-0.3, -0.25) is 4.79 Å². The second-order valence-electron chi connectivity index (χ2n) is 4.15.